The number of methoxy groups -OCH3 is 3. The summed E-state index contributed by atoms with van der Waals surface area (Å²) < 4.78 is 16.2. The molecule has 2 aromatic carbocycles. The first kappa shape index (κ1) is 19.1. The van der Waals surface area contributed by atoms with E-state index in [1.165, 1.54) is 16.0 Å². The van der Waals surface area contributed by atoms with E-state index in [0.29, 0.717) is 5.75 Å². The molecule has 1 unspecified atom stereocenters. The van der Waals surface area contributed by atoms with Crippen molar-refractivity contribution in [2.24, 2.45) is 0 Å². The molecule has 0 saturated heterocycles. The van der Waals surface area contributed by atoms with E-state index in [9.17, 15) is 5.11 Å². The molecule has 144 valence electrons. The number of nitrogens with one attached hydrogen (secondary N) is 1. The van der Waals surface area contributed by atoms with Crippen LogP contribution in [-0.2, 0) is 25.9 Å². The molecule has 0 aromatic heterocycles. The Kier molecular flexibility index (Phi) is 5.91. The average Bonchev–Trinajstić information content (AvgIpc) is 2.69. The van der Waals surface area contributed by atoms with Gasteiger partial charge in [0.1, 0.15) is 13.1 Å². The lowest BCUT2D eigenvalue weighted by Crippen LogP contribution is -3.10. The molecule has 5 heteroatoms. The van der Waals surface area contributed by atoms with Gasteiger partial charge in [-0.2, -0.15) is 0 Å². The van der Waals surface area contributed by atoms with Crippen LogP contribution in [0.2, 0.25) is 0 Å². The number of aromatic hydroxyl groups is 1. The molecule has 2 N–H and O–H groups in total. The van der Waals surface area contributed by atoms with E-state index in [0.717, 1.165) is 55.1 Å². The SMILES string of the molecule is C=CCc1cc(C[NH+]2CCc3cc(OC)c(OC)cc3C2)c(O)c(OC)c1. The highest BCUT2D eigenvalue weighted by Gasteiger charge is 2.24. The van der Waals surface area contributed by atoms with Crippen LogP contribution in [0.15, 0.2) is 36.9 Å². The quantitative estimate of drug-likeness (QED) is 0.735. The van der Waals surface area contributed by atoms with Gasteiger partial charge in [-0.1, -0.05) is 6.08 Å². The van der Waals surface area contributed by atoms with Gasteiger partial charge in [-0.3, -0.25) is 0 Å². The van der Waals surface area contributed by atoms with Crippen molar-refractivity contribution in [2.75, 3.05) is 27.9 Å². The number of phenolic OH excluding ortho intramolecular Hbond substituents is 1. The Morgan fingerprint density at radius 3 is 2.30 bits per heavy atom. The summed E-state index contributed by atoms with van der Waals surface area (Å²) in [5.74, 6) is 2.29. The highest BCUT2D eigenvalue weighted by molar-refractivity contribution is 5.49. The molecular formula is C22H28NO4+. The van der Waals surface area contributed by atoms with E-state index in [1.807, 2.05) is 12.1 Å². The van der Waals surface area contributed by atoms with E-state index in [2.05, 4.69) is 24.8 Å². The van der Waals surface area contributed by atoms with Crippen molar-refractivity contribution < 1.29 is 24.2 Å². The lowest BCUT2D eigenvalue weighted by molar-refractivity contribution is -0.929. The minimum absolute atomic E-state index is 0.232. The number of allylic oxidation sites excluding steroid dienone is 1. The fourth-order valence-electron chi connectivity index (χ4n) is 3.75. The second kappa shape index (κ2) is 8.35. The van der Waals surface area contributed by atoms with E-state index >= 15 is 0 Å². The molecule has 3 rings (SSSR count). The van der Waals surface area contributed by atoms with Crippen LogP contribution >= 0.6 is 0 Å². The molecule has 0 aliphatic carbocycles. The predicted octanol–water partition coefficient (Wildman–Crippen LogP) is 2.29. The van der Waals surface area contributed by atoms with Crippen molar-refractivity contribution in [1.82, 2.24) is 0 Å². The number of hydrogen-bond donors (Lipinski definition) is 2. The smallest absolute Gasteiger partial charge is 0.166 e. The van der Waals surface area contributed by atoms with Crippen molar-refractivity contribution in [3.63, 3.8) is 0 Å². The highest BCUT2D eigenvalue weighted by Crippen LogP contribution is 2.33. The first-order valence-electron chi connectivity index (χ1n) is 9.16. The van der Waals surface area contributed by atoms with Crippen molar-refractivity contribution in [2.45, 2.75) is 25.9 Å². The van der Waals surface area contributed by atoms with Crippen LogP contribution in [0.4, 0.5) is 0 Å². The van der Waals surface area contributed by atoms with Gasteiger partial charge in [-0.15, -0.1) is 6.58 Å². The van der Waals surface area contributed by atoms with Gasteiger partial charge in [-0.25, -0.2) is 0 Å². The minimum atomic E-state index is 0.232. The zero-order chi connectivity index (χ0) is 19.4. The summed E-state index contributed by atoms with van der Waals surface area (Å²) in [6.07, 6.45) is 3.58. The Balaban J connectivity index is 1.84. The third-order valence-corrected chi connectivity index (χ3v) is 5.15. The summed E-state index contributed by atoms with van der Waals surface area (Å²) in [5, 5.41) is 10.6. The summed E-state index contributed by atoms with van der Waals surface area (Å²) >= 11 is 0. The largest absolute Gasteiger partial charge is 0.504 e. The third kappa shape index (κ3) is 4.03. The van der Waals surface area contributed by atoms with Crippen molar-refractivity contribution >= 4 is 0 Å². The fourth-order valence-corrected chi connectivity index (χ4v) is 3.75. The molecule has 0 saturated carbocycles. The van der Waals surface area contributed by atoms with Crippen LogP contribution < -0.4 is 19.1 Å². The Morgan fingerprint density at radius 2 is 1.67 bits per heavy atom. The summed E-state index contributed by atoms with van der Waals surface area (Å²) in [6.45, 7) is 6.42. The van der Waals surface area contributed by atoms with Gasteiger partial charge in [0.15, 0.2) is 23.0 Å². The van der Waals surface area contributed by atoms with E-state index in [4.69, 9.17) is 14.2 Å². The van der Waals surface area contributed by atoms with Crippen molar-refractivity contribution in [1.29, 1.82) is 0 Å². The Labute approximate surface area is 160 Å². The lowest BCUT2D eigenvalue weighted by atomic mass is 9.98. The number of fused-ring (bicyclic) bond motifs is 1. The molecule has 1 heterocycles. The van der Waals surface area contributed by atoms with Gasteiger partial charge in [0.05, 0.1) is 33.4 Å². The molecule has 0 fully saturated rings. The summed E-state index contributed by atoms with van der Waals surface area (Å²) in [7, 11) is 4.91. The van der Waals surface area contributed by atoms with Gasteiger partial charge in [0.25, 0.3) is 0 Å². The third-order valence-electron chi connectivity index (χ3n) is 5.15. The topological polar surface area (TPSA) is 52.4 Å². The first-order chi connectivity index (χ1) is 13.1. The van der Waals surface area contributed by atoms with Crippen molar-refractivity contribution in [3.8, 4) is 23.0 Å². The predicted molar refractivity (Wildman–Crippen MR) is 105 cm³/mol. The Morgan fingerprint density at radius 1 is 1.00 bits per heavy atom. The van der Waals surface area contributed by atoms with E-state index in [-0.39, 0.29) is 5.75 Å². The van der Waals surface area contributed by atoms with Gasteiger partial charge < -0.3 is 24.2 Å². The van der Waals surface area contributed by atoms with Crippen LogP contribution in [0.1, 0.15) is 22.3 Å². The maximum Gasteiger partial charge on any atom is 0.166 e. The molecule has 0 bridgehead atoms. The number of ether oxygens (including phenoxy) is 3. The molecule has 27 heavy (non-hydrogen) atoms. The van der Waals surface area contributed by atoms with Gasteiger partial charge in [0.2, 0.25) is 0 Å². The molecule has 0 amide bonds. The maximum absolute atomic E-state index is 10.6. The molecular weight excluding hydrogens is 342 g/mol. The van der Waals surface area contributed by atoms with E-state index < -0.39 is 0 Å². The normalized spacial score (nSPS) is 15.7. The van der Waals surface area contributed by atoms with Crippen LogP contribution in [0.3, 0.4) is 0 Å². The highest BCUT2D eigenvalue weighted by atomic mass is 16.5. The Hall–Kier alpha value is -2.66. The molecule has 5 nitrogen and oxygen atoms in total. The molecule has 0 spiro atoms. The number of benzene rings is 2. The second-order valence-corrected chi connectivity index (χ2v) is 6.88. The van der Waals surface area contributed by atoms with Gasteiger partial charge >= 0.3 is 0 Å². The zero-order valence-corrected chi connectivity index (χ0v) is 16.3. The fraction of sp³-hybridized carbons (Fsp3) is 0.364. The standard InChI is InChI=1S/C22H27NO4/c1-5-6-15-9-18(22(24)21(10-15)27-4)14-23-8-7-16-11-19(25-2)20(26-3)12-17(16)13-23/h5,9-12,24H,1,6-8,13-14H2,2-4H3/p+1. The molecule has 2 aromatic rings. The summed E-state index contributed by atoms with van der Waals surface area (Å²) in [5.41, 5.74) is 4.57. The average molecular weight is 370 g/mol. The van der Waals surface area contributed by atoms with Crippen LogP contribution in [-0.4, -0.2) is 33.0 Å². The number of hydrogen-bond acceptors (Lipinski definition) is 4. The summed E-state index contributed by atoms with van der Waals surface area (Å²) in [6, 6.07) is 8.08. The monoisotopic (exact) mass is 370 g/mol. The molecule has 1 aliphatic rings. The minimum Gasteiger partial charge on any atom is -0.504 e. The van der Waals surface area contributed by atoms with Crippen LogP contribution in [0, 0.1) is 0 Å². The number of quaternary nitrogens is 1. The first-order valence-corrected chi connectivity index (χ1v) is 9.16. The van der Waals surface area contributed by atoms with Gasteiger partial charge in [-0.05, 0) is 41.8 Å². The van der Waals surface area contributed by atoms with Crippen LogP contribution in [0.5, 0.6) is 23.0 Å². The second-order valence-electron chi connectivity index (χ2n) is 6.88. The van der Waals surface area contributed by atoms with E-state index in [1.54, 1.807) is 21.3 Å². The molecule has 1 atom stereocenters. The number of phenols is 1. The number of rotatable bonds is 7. The van der Waals surface area contributed by atoms with Crippen LogP contribution in [0.25, 0.3) is 0 Å². The zero-order valence-electron chi connectivity index (χ0n) is 16.3. The molecule has 0 radical (unpaired) electrons. The van der Waals surface area contributed by atoms with Gasteiger partial charge in [0, 0.05) is 12.0 Å². The maximum atomic E-state index is 10.6. The van der Waals surface area contributed by atoms with Crippen molar-refractivity contribution in [3.05, 3.63) is 59.2 Å². The Bertz CT molecular complexity index is 832. The summed E-state index contributed by atoms with van der Waals surface area (Å²) in [4.78, 5) is 1.39. The lowest BCUT2D eigenvalue weighted by Gasteiger charge is -2.27. The molecule has 1 aliphatic heterocycles.